The van der Waals surface area contributed by atoms with Crippen LogP contribution in [0.15, 0.2) is 29.2 Å². The minimum absolute atomic E-state index is 0.680. The zero-order valence-electron chi connectivity index (χ0n) is 9.69. The van der Waals surface area contributed by atoms with E-state index in [0.717, 1.165) is 0 Å². The Bertz CT molecular complexity index is 355. The standard InChI is InChI=1S/C12H17N3S2/c1-2-6-10(7-3-1)14-17-15-13-11-8-4-5-9-12(11)16-15/h4-5,8-10,13-14H,1-3,6-7H2. The Kier molecular flexibility index (Phi) is 3.80. The number of nitrogens with zero attached hydrogens (tertiary/aromatic N) is 1. The normalized spacial score (nSPS) is 21.2. The molecule has 0 radical (unpaired) electrons. The molecule has 0 aromatic heterocycles. The summed E-state index contributed by atoms with van der Waals surface area (Å²) in [6, 6.07) is 9.09. The average molecular weight is 267 g/mol. The minimum Gasteiger partial charge on any atom is -0.297 e. The molecule has 1 saturated carbocycles. The van der Waals surface area contributed by atoms with Gasteiger partial charge in [0.1, 0.15) is 0 Å². The van der Waals surface area contributed by atoms with Gasteiger partial charge < -0.3 is 0 Å². The molecule has 1 aromatic rings. The van der Waals surface area contributed by atoms with Gasteiger partial charge in [0.2, 0.25) is 0 Å². The number of anilines is 1. The molecule has 0 saturated heterocycles. The van der Waals surface area contributed by atoms with E-state index in [4.69, 9.17) is 0 Å². The number of nitrogens with one attached hydrogen (secondary N) is 2. The van der Waals surface area contributed by atoms with Crippen molar-refractivity contribution in [3.63, 3.8) is 0 Å². The van der Waals surface area contributed by atoms with E-state index >= 15 is 0 Å². The van der Waals surface area contributed by atoms with Crippen molar-refractivity contribution in [2.75, 3.05) is 5.43 Å². The largest absolute Gasteiger partial charge is 0.297 e. The average Bonchev–Trinajstić information content (AvgIpc) is 2.80. The van der Waals surface area contributed by atoms with Gasteiger partial charge in [0, 0.05) is 18.2 Å². The number of para-hydroxylation sites is 1. The summed E-state index contributed by atoms with van der Waals surface area (Å²) < 4.78 is 5.65. The molecule has 1 aromatic carbocycles. The fourth-order valence-electron chi connectivity index (χ4n) is 2.23. The van der Waals surface area contributed by atoms with Crippen molar-refractivity contribution < 1.29 is 0 Å². The zero-order chi connectivity index (χ0) is 11.5. The first-order valence-corrected chi connectivity index (χ1v) is 7.73. The van der Waals surface area contributed by atoms with Gasteiger partial charge in [-0.25, -0.2) is 4.72 Å². The third-order valence-electron chi connectivity index (χ3n) is 3.19. The van der Waals surface area contributed by atoms with Gasteiger partial charge in [-0.05, 0) is 36.9 Å². The topological polar surface area (TPSA) is 27.3 Å². The van der Waals surface area contributed by atoms with Gasteiger partial charge in [-0.15, -0.1) is 0 Å². The van der Waals surface area contributed by atoms with Crippen LogP contribution in [0.2, 0.25) is 0 Å². The number of hydrogen-bond donors (Lipinski definition) is 2. The lowest BCUT2D eigenvalue weighted by Gasteiger charge is -2.24. The molecule has 17 heavy (non-hydrogen) atoms. The second kappa shape index (κ2) is 5.52. The smallest absolute Gasteiger partial charge is 0.0658 e. The fraction of sp³-hybridized carbons (Fsp3) is 0.500. The maximum atomic E-state index is 3.56. The summed E-state index contributed by atoms with van der Waals surface area (Å²) in [4.78, 5) is 1.30. The summed E-state index contributed by atoms with van der Waals surface area (Å²) in [5, 5.41) is 0. The van der Waals surface area contributed by atoms with E-state index in [9.17, 15) is 0 Å². The molecule has 0 atom stereocenters. The molecular weight excluding hydrogens is 250 g/mol. The highest BCUT2D eigenvalue weighted by Crippen LogP contribution is 2.40. The summed E-state index contributed by atoms with van der Waals surface area (Å²) in [7, 11) is 0. The van der Waals surface area contributed by atoms with Crippen LogP contribution < -0.4 is 10.1 Å². The van der Waals surface area contributed by atoms with E-state index in [-0.39, 0.29) is 0 Å². The highest BCUT2D eigenvalue weighted by Gasteiger charge is 2.21. The third-order valence-corrected chi connectivity index (χ3v) is 5.14. The summed E-state index contributed by atoms with van der Waals surface area (Å²) in [6.07, 6.45) is 6.79. The Labute approximate surface area is 111 Å². The van der Waals surface area contributed by atoms with Gasteiger partial charge in [0.15, 0.2) is 0 Å². The Morgan fingerprint density at radius 2 is 2.06 bits per heavy atom. The molecule has 0 bridgehead atoms. The molecule has 2 N–H and O–H groups in total. The van der Waals surface area contributed by atoms with E-state index in [0.29, 0.717) is 6.04 Å². The molecule has 1 aliphatic carbocycles. The molecule has 3 rings (SSSR count). The first-order chi connectivity index (χ1) is 8.42. The minimum atomic E-state index is 0.680. The zero-order valence-corrected chi connectivity index (χ0v) is 11.3. The first-order valence-electron chi connectivity index (χ1n) is 6.18. The molecule has 2 aliphatic rings. The summed E-state index contributed by atoms with van der Waals surface area (Å²) >= 11 is 3.43. The number of hydrogen-bond acceptors (Lipinski definition) is 5. The van der Waals surface area contributed by atoms with Gasteiger partial charge in [0.25, 0.3) is 0 Å². The van der Waals surface area contributed by atoms with Gasteiger partial charge in [0.05, 0.1) is 10.6 Å². The molecule has 1 aliphatic heterocycles. The maximum absolute atomic E-state index is 3.56. The molecule has 1 heterocycles. The van der Waals surface area contributed by atoms with E-state index in [1.165, 1.54) is 42.7 Å². The highest BCUT2D eigenvalue weighted by molar-refractivity contribution is 8.11. The summed E-state index contributed by atoms with van der Waals surface area (Å²) in [5.74, 6) is 0. The van der Waals surface area contributed by atoms with Crippen LogP contribution in [0.5, 0.6) is 0 Å². The van der Waals surface area contributed by atoms with Crippen LogP contribution in [0.25, 0.3) is 0 Å². The van der Waals surface area contributed by atoms with Crippen molar-refractivity contribution in [2.24, 2.45) is 0 Å². The molecule has 1 fully saturated rings. The summed E-state index contributed by atoms with van der Waals surface area (Å²) in [5.41, 5.74) is 4.57. The Morgan fingerprint density at radius 1 is 1.24 bits per heavy atom. The first kappa shape index (κ1) is 11.7. The molecule has 0 spiro atoms. The number of rotatable bonds is 3. The van der Waals surface area contributed by atoms with Crippen LogP contribution in [0, 0.1) is 0 Å². The highest BCUT2D eigenvalue weighted by atomic mass is 32.2. The van der Waals surface area contributed by atoms with Crippen molar-refractivity contribution in [3.05, 3.63) is 24.3 Å². The fourth-order valence-corrected chi connectivity index (χ4v) is 4.05. The van der Waals surface area contributed by atoms with Crippen molar-refractivity contribution in [1.29, 1.82) is 0 Å². The Morgan fingerprint density at radius 3 is 2.88 bits per heavy atom. The Balaban J connectivity index is 1.48. The van der Waals surface area contributed by atoms with E-state index in [2.05, 4.69) is 38.2 Å². The second-order valence-corrected chi connectivity index (χ2v) is 6.50. The lowest BCUT2D eigenvalue weighted by molar-refractivity contribution is 0.422. The van der Waals surface area contributed by atoms with Crippen LogP contribution in [0.4, 0.5) is 5.69 Å². The van der Waals surface area contributed by atoms with E-state index in [1.54, 1.807) is 24.1 Å². The van der Waals surface area contributed by atoms with E-state index in [1.807, 2.05) is 0 Å². The van der Waals surface area contributed by atoms with Crippen LogP contribution in [-0.2, 0) is 0 Å². The molecule has 3 nitrogen and oxygen atoms in total. The quantitative estimate of drug-likeness (QED) is 0.812. The van der Waals surface area contributed by atoms with E-state index < -0.39 is 0 Å². The predicted octanol–water partition coefficient (Wildman–Crippen LogP) is 3.82. The SMILES string of the molecule is c1ccc2c(c1)NN(SNC1CCCCC1)S2. The maximum Gasteiger partial charge on any atom is 0.0658 e. The lowest BCUT2D eigenvalue weighted by Crippen LogP contribution is -2.29. The van der Waals surface area contributed by atoms with Crippen molar-refractivity contribution >= 4 is 29.8 Å². The van der Waals surface area contributed by atoms with Crippen LogP contribution in [0.3, 0.4) is 0 Å². The lowest BCUT2D eigenvalue weighted by atomic mass is 9.96. The van der Waals surface area contributed by atoms with Crippen LogP contribution >= 0.6 is 24.1 Å². The van der Waals surface area contributed by atoms with Gasteiger partial charge >= 0.3 is 0 Å². The molecule has 0 unspecified atom stereocenters. The van der Waals surface area contributed by atoms with Crippen LogP contribution in [-0.4, -0.2) is 9.86 Å². The molecule has 92 valence electrons. The molecular formula is C12H17N3S2. The van der Waals surface area contributed by atoms with Crippen molar-refractivity contribution in [2.45, 2.75) is 43.0 Å². The van der Waals surface area contributed by atoms with Crippen LogP contribution in [0.1, 0.15) is 32.1 Å². The monoisotopic (exact) mass is 267 g/mol. The number of hydrazine groups is 1. The second-order valence-electron chi connectivity index (χ2n) is 4.50. The van der Waals surface area contributed by atoms with Crippen molar-refractivity contribution in [1.82, 2.24) is 8.54 Å². The van der Waals surface area contributed by atoms with Gasteiger partial charge in [-0.2, -0.15) is 0 Å². The van der Waals surface area contributed by atoms with Gasteiger partial charge in [-0.1, -0.05) is 35.2 Å². The number of benzene rings is 1. The number of fused-ring (bicyclic) bond motifs is 1. The molecule has 0 amide bonds. The van der Waals surface area contributed by atoms with Gasteiger partial charge in [-0.3, -0.25) is 5.43 Å². The third kappa shape index (κ3) is 2.91. The molecule has 5 heteroatoms. The van der Waals surface area contributed by atoms with Crippen molar-refractivity contribution in [3.8, 4) is 0 Å². The summed E-state index contributed by atoms with van der Waals surface area (Å²) in [6.45, 7) is 0. The predicted molar refractivity (Wildman–Crippen MR) is 75.4 cm³/mol. The Hall–Kier alpha value is -0.360.